The second-order valence-corrected chi connectivity index (χ2v) is 16.1. The molecule has 278 valence electrons. The third kappa shape index (κ3) is 3.78. The molecule has 0 saturated carbocycles. The second-order valence-electron chi connectivity index (χ2n) is 14.0. The molecule has 0 aliphatic carbocycles. The summed E-state index contributed by atoms with van der Waals surface area (Å²) in [6, 6.07) is 12.5. The summed E-state index contributed by atoms with van der Waals surface area (Å²) in [5.41, 5.74) is 0.645. The third-order valence-electron chi connectivity index (χ3n) is 11.5. The van der Waals surface area contributed by atoms with Gasteiger partial charge in [-0.25, -0.2) is 0 Å². The molecule has 0 spiro atoms. The fraction of sp³-hybridized carbons (Fsp3) is 0.250. The number of thioether (sulfide) groups is 2. The predicted octanol–water partition coefficient (Wildman–Crippen LogP) is 7.11. The number of hydrazone groups is 4. The molecule has 8 nitrogen and oxygen atoms in total. The average molecular weight is 786 g/mol. The number of anilines is 2. The fourth-order valence-electron chi connectivity index (χ4n) is 9.40. The van der Waals surface area contributed by atoms with Gasteiger partial charge >= 0.3 is 27.9 Å². The van der Waals surface area contributed by atoms with Gasteiger partial charge in [-0.3, -0.25) is 9.62 Å². The van der Waals surface area contributed by atoms with E-state index >= 15 is 34.5 Å². The van der Waals surface area contributed by atoms with E-state index in [2.05, 4.69) is 0 Å². The Kier molecular flexibility index (Phi) is 6.78. The van der Waals surface area contributed by atoms with Crippen LogP contribution in [0, 0.1) is 0 Å². The summed E-state index contributed by atoms with van der Waals surface area (Å²) in [6.45, 7) is -13.0. The lowest BCUT2D eigenvalue weighted by Gasteiger charge is -2.35. The van der Waals surface area contributed by atoms with Crippen molar-refractivity contribution in [2.24, 2.45) is 0 Å². The minimum absolute atomic E-state index is 0.0956. The number of hydrogen-bond donors (Lipinski definition) is 0. The maximum absolute atomic E-state index is 17.7. The molecule has 2 aromatic heterocycles. The van der Waals surface area contributed by atoms with E-state index in [1.807, 2.05) is 0 Å². The van der Waals surface area contributed by atoms with Crippen LogP contribution in [0.15, 0.2) is 58.3 Å². The maximum atomic E-state index is 17.7. The number of aromatic nitrogens is 2. The van der Waals surface area contributed by atoms with Crippen molar-refractivity contribution in [1.82, 2.24) is 8.96 Å². The molecule has 54 heavy (non-hydrogen) atoms. The van der Waals surface area contributed by atoms with Crippen LogP contribution < -0.4 is 9.62 Å². The Labute approximate surface area is 312 Å². The number of amidine groups is 2. The molecule has 2 aromatic carbocycles. The van der Waals surface area contributed by atoms with Gasteiger partial charge in [0.25, 0.3) is 10.3 Å². The number of benzene rings is 2. The van der Waals surface area contributed by atoms with Crippen LogP contribution >= 0.6 is 23.5 Å². The monoisotopic (exact) mass is 786 g/mol. The van der Waals surface area contributed by atoms with Crippen LogP contribution in [-0.4, -0.2) is 78.0 Å². The highest BCUT2D eigenvalue weighted by atomic mass is 32.2. The van der Waals surface area contributed by atoms with Crippen LogP contribution in [0.25, 0.3) is 11.4 Å². The molecule has 10 rings (SSSR count). The normalized spacial score (nSPS) is 21.3. The fourth-order valence-corrected chi connectivity index (χ4v) is 11.9. The first-order chi connectivity index (χ1) is 25.7. The van der Waals surface area contributed by atoms with E-state index in [1.54, 1.807) is 64.1 Å². The van der Waals surface area contributed by atoms with Crippen molar-refractivity contribution in [3.63, 3.8) is 0 Å². The zero-order valence-corrected chi connectivity index (χ0v) is 31.0. The van der Waals surface area contributed by atoms with Crippen LogP contribution in [0.4, 0.5) is 45.9 Å². The number of halogens is 8. The van der Waals surface area contributed by atoms with Gasteiger partial charge in [0.1, 0.15) is 11.4 Å². The van der Waals surface area contributed by atoms with Gasteiger partial charge in [0.05, 0.1) is 21.2 Å². The summed E-state index contributed by atoms with van der Waals surface area (Å²) in [6.07, 6.45) is 2.55. The van der Waals surface area contributed by atoms with Gasteiger partial charge in [-0.1, -0.05) is 52.0 Å². The third-order valence-corrected chi connectivity index (χ3v) is 13.8. The van der Waals surface area contributed by atoms with Crippen molar-refractivity contribution >= 4 is 85.5 Å². The minimum atomic E-state index is -5.16. The smallest absolute Gasteiger partial charge is 0.411 e. The zero-order valence-electron chi connectivity index (χ0n) is 29.3. The molecule has 0 unspecified atom stereocenters. The van der Waals surface area contributed by atoms with E-state index in [-0.39, 0.29) is 70.2 Å². The number of hydrogen-bond acceptors (Lipinski definition) is 4. The summed E-state index contributed by atoms with van der Waals surface area (Å²) >= 11 is 1.59. The number of para-hydroxylation sites is 2. The SMILES string of the molecule is CCc1c(CC)c(-c2c(CC)c(CC)c3n2[B-](F)(F)[N+]2=C4Sc5ccccc5N4[B-](F)(F)[N+]2=C3)n2c1C=[N+]1[N+](=C3Sc4ccccc4N3[B-]1(F)F)[B-]2(F)F. The molecule has 6 aliphatic rings. The largest absolute Gasteiger partial charge is 0.870 e. The van der Waals surface area contributed by atoms with Gasteiger partial charge in [0, 0.05) is 11.4 Å². The van der Waals surface area contributed by atoms with E-state index in [0.717, 1.165) is 36.0 Å². The van der Waals surface area contributed by atoms with Gasteiger partial charge in [-0.05, 0) is 95.7 Å². The van der Waals surface area contributed by atoms with Gasteiger partial charge in [-0.2, -0.15) is 18.4 Å². The van der Waals surface area contributed by atoms with Gasteiger partial charge in [0.15, 0.2) is 12.4 Å². The van der Waals surface area contributed by atoms with Crippen molar-refractivity contribution in [3.8, 4) is 11.4 Å². The molecule has 4 aromatic rings. The molecular weight excluding hydrogens is 756 g/mol. The molecule has 8 heterocycles. The van der Waals surface area contributed by atoms with Gasteiger partial charge < -0.3 is 43.5 Å². The molecule has 0 atom stereocenters. The van der Waals surface area contributed by atoms with Gasteiger partial charge in [-0.15, -0.1) is 0 Å². The standard InChI is InChI=1S/C32H30B4F8N8S2/c1-5-19-21(7-3)29(47-25(19)17-45-33(37,38)49-23-13-9-11-15-27(23)53-31(49)51(45)35(47,41)42)30-22(8-4)20(6-2)26-18-46-34(39,40)50-24-14-10-12-16-28(24)54-32(50)52(46)36(43,44)48(26)30/h9-18H,5-8H2,1-4H3. The first-order valence-corrected chi connectivity index (χ1v) is 19.6. The van der Waals surface area contributed by atoms with Crippen LogP contribution in [0.5, 0.6) is 0 Å². The first-order valence-electron chi connectivity index (χ1n) is 18.0. The summed E-state index contributed by atoms with van der Waals surface area (Å²) in [7, 11) is 0. The average Bonchev–Trinajstić information content (AvgIpc) is 3.93. The number of fused-ring (bicyclic) bond motifs is 10. The number of nitrogens with zero attached hydrogens (tertiary/aromatic N) is 8. The minimum Gasteiger partial charge on any atom is -0.411 e. The van der Waals surface area contributed by atoms with Gasteiger partial charge in [0.2, 0.25) is 0 Å². The Bertz CT molecular complexity index is 2390. The van der Waals surface area contributed by atoms with E-state index < -0.39 is 27.9 Å². The lowest BCUT2D eigenvalue weighted by atomic mass is 9.89. The summed E-state index contributed by atoms with van der Waals surface area (Å²) in [5, 5.41) is -0.777. The topological polar surface area (TPSA) is 28.4 Å². The second kappa shape index (κ2) is 10.7. The van der Waals surface area contributed by atoms with Crippen molar-refractivity contribution < 1.29 is 52.9 Å². The Hall–Kier alpha value is -4.32. The maximum Gasteiger partial charge on any atom is 0.870 e. The van der Waals surface area contributed by atoms with Crippen LogP contribution in [0.3, 0.4) is 0 Å². The Morgan fingerprint density at radius 1 is 0.500 bits per heavy atom. The summed E-state index contributed by atoms with van der Waals surface area (Å²) in [5.74, 6) is 0. The molecule has 22 heteroatoms. The van der Waals surface area contributed by atoms with Crippen LogP contribution in [0.2, 0.25) is 0 Å². The summed E-state index contributed by atoms with van der Waals surface area (Å²) in [4.78, 5) is 2.06. The highest BCUT2D eigenvalue weighted by Gasteiger charge is 2.76. The van der Waals surface area contributed by atoms with Crippen molar-refractivity contribution in [2.75, 3.05) is 9.62 Å². The number of rotatable bonds is 5. The molecule has 0 bridgehead atoms. The zero-order chi connectivity index (χ0) is 38.0. The van der Waals surface area contributed by atoms with E-state index in [0.29, 0.717) is 69.0 Å². The molecular formula is C32H30B4F8N8S2. The van der Waals surface area contributed by atoms with E-state index in [9.17, 15) is 0 Å². The predicted molar refractivity (Wildman–Crippen MR) is 199 cm³/mol. The van der Waals surface area contributed by atoms with Crippen molar-refractivity contribution in [3.05, 3.63) is 82.2 Å². The van der Waals surface area contributed by atoms with Crippen LogP contribution in [0.1, 0.15) is 61.3 Å². The van der Waals surface area contributed by atoms with Crippen molar-refractivity contribution in [1.29, 1.82) is 0 Å². The Morgan fingerprint density at radius 3 is 1.20 bits per heavy atom. The first kappa shape index (κ1) is 34.2. The highest BCUT2D eigenvalue weighted by Crippen LogP contribution is 2.52. The Balaban J connectivity index is 1.29. The van der Waals surface area contributed by atoms with E-state index in [4.69, 9.17) is 0 Å². The van der Waals surface area contributed by atoms with Crippen molar-refractivity contribution in [2.45, 2.75) is 63.2 Å². The molecule has 0 radical (unpaired) electrons. The number of hydrazine groups is 2. The quantitative estimate of drug-likeness (QED) is 0.160. The molecule has 0 N–H and O–H groups in total. The van der Waals surface area contributed by atoms with Crippen LogP contribution in [-0.2, 0) is 25.7 Å². The molecule has 0 fully saturated rings. The lowest BCUT2D eigenvalue weighted by molar-refractivity contribution is -1.00. The molecule has 0 saturated heterocycles. The molecule has 0 amide bonds. The molecule has 6 aliphatic heterocycles. The Morgan fingerprint density at radius 2 is 0.852 bits per heavy atom. The van der Waals surface area contributed by atoms with E-state index in [1.165, 1.54) is 12.1 Å². The lowest BCUT2D eigenvalue weighted by Crippen LogP contribution is -2.61. The summed E-state index contributed by atoms with van der Waals surface area (Å²) < 4.78 is 140. The highest BCUT2D eigenvalue weighted by molar-refractivity contribution is 8.15.